The standard InChI is InChI=1S/C38H28N2O2/c39-33-22-25-35(36(26-33)28-20-23-34(24-21-28)40(41)42)27-16-18-32(19-17-27)38(31-14-8-3-9-15-31)37(29-10-4-1-5-11-29)30-12-6-2-7-13-30/h1-26H,39H2. The predicted octanol–water partition coefficient (Wildman–Crippen LogP) is 9.52. The SMILES string of the molecule is Nc1ccc(-c2ccc(C(=C(c3ccccc3)c3ccccc3)c3ccccc3)cc2)c(-c2ccc([N+](=O)[O-])cc2)c1. The molecule has 0 aliphatic carbocycles. The number of nitro benzene ring substituents is 1. The molecule has 4 heteroatoms. The molecule has 2 N–H and O–H groups in total. The summed E-state index contributed by atoms with van der Waals surface area (Å²) < 4.78 is 0. The fourth-order valence-electron chi connectivity index (χ4n) is 5.36. The van der Waals surface area contributed by atoms with E-state index in [4.69, 9.17) is 5.73 Å². The number of anilines is 1. The molecule has 202 valence electrons. The summed E-state index contributed by atoms with van der Waals surface area (Å²) in [6.07, 6.45) is 0. The van der Waals surface area contributed by atoms with Crippen LogP contribution in [0.2, 0.25) is 0 Å². The lowest BCUT2D eigenvalue weighted by Crippen LogP contribution is -1.97. The Morgan fingerprint density at radius 2 is 0.881 bits per heavy atom. The molecule has 42 heavy (non-hydrogen) atoms. The lowest BCUT2D eigenvalue weighted by Gasteiger charge is -2.19. The molecule has 6 aromatic carbocycles. The third-order valence-electron chi connectivity index (χ3n) is 7.35. The number of nitrogens with zero attached hydrogens (tertiary/aromatic N) is 1. The third kappa shape index (κ3) is 5.47. The zero-order valence-electron chi connectivity index (χ0n) is 22.9. The summed E-state index contributed by atoms with van der Waals surface area (Å²) in [6, 6.07) is 52.5. The van der Waals surface area contributed by atoms with Gasteiger partial charge in [0.15, 0.2) is 0 Å². The summed E-state index contributed by atoms with van der Waals surface area (Å²) >= 11 is 0. The van der Waals surface area contributed by atoms with E-state index in [0.717, 1.165) is 55.7 Å². The molecule has 0 unspecified atom stereocenters. The molecule has 0 fully saturated rings. The number of hydrogen-bond acceptors (Lipinski definition) is 3. The van der Waals surface area contributed by atoms with Crippen LogP contribution in [0.4, 0.5) is 11.4 Å². The Morgan fingerprint density at radius 1 is 0.476 bits per heavy atom. The van der Waals surface area contributed by atoms with Crippen molar-refractivity contribution < 1.29 is 4.92 Å². The summed E-state index contributed by atoms with van der Waals surface area (Å²) in [5.41, 5.74) is 17.5. The monoisotopic (exact) mass is 544 g/mol. The topological polar surface area (TPSA) is 69.2 Å². The van der Waals surface area contributed by atoms with Crippen LogP contribution in [0.1, 0.15) is 22.3 Å². The van der Waals surface area contributed by atoms with Crippen LogP contribution in [0.15, 0.2) is 158 Å². The van der Waals surface area contributed by atoms with Gasteiger partial charge in [0.25, 0.3) is 5.69 Å². The van der Waals surface area contributed by atoms with Crippen LogP contribution in [-0.4, -0.2) is 4.92 Å². The van der Waals surface area contributed by atoms with Crippen molar-refractivity contribution in [2.24, 2.45) is 0 Å². The predicted molar refractivity (Wildman–Crippen MR) is 173 cm³/mol. The molecule has 0 saturated heterocycles. The van der Waals surface area contributed by atoms with E-state index in [-0.39, 0.29) is 10.6 Å². The van der Waals surface area contributed by atoms with Crippen LogP contribution in [0.3, 0.4) is 0 Å². The normalized spacial score (nSPS) is 10.7. The second kappa shape index (κ2) is 11.8. The van der Waals surface area contributed by atoms with Gasteiger partial charge >= 0.3 is 0 Å². The molecule has 0 aliphatic rings. The first-order valence-corrected chi connectivity index (χ1v) is 13.7. The summed E-state index contributed by atoms with van der Waals surface area (Å²) in [4.78, 5) is 10.8. The van der Waals surface area contributed by atoms with Crippen LogP contribution in [0.5, 0.6) is 0 Å². The Morgan fingerprint density at radius 3 is 1.33 bits per heavy atom. The molecule has 6 aromatic rings. The highest BCUT2D eigenvalue weighted by Gasteiger charge is 2.17. The molecule has 0 aromatic heterocycles. The van der Waals surface area contributed by atoms with Crippen molar-refractivity contribution in [3.05, 3.63) is 190 Å². The van der Waals surface area contributed by atoms with Gasteiger partial charge in [0.05, 0.1) is 4.92 Å². The van der Waals surface area contributed by atoms with E-state index >= 15 is 0 Å². The van der Waals surface area contributed by atoms with E-state index in [1.54, 1.807) is 12.1 Å². The second-order valence-corrected chi connectivity index (χ2v) is 10.0. The number of rotatable bonds is 7. The van der Waals surface area contributed by atoms with Gasteiger partial charge in [-0.05, 0) is 79.9 Å². The molecule has 4 nitrogen and oxygen atoms in total. The smallest absolute Gasteiger partial charge is 0.269 e. The fraction of sp³-hybridized carbons (Fsp3) is 0. The van der Waals surface area contributed by atoms with Crippen molar-refractivity contribution in [3.63, 3.8) is 0 Å². The van der Waals surface area contributed by atoms with E-state index < -0.39 is 0 Å². The van der Waals surface area contributed by atoms with Gasteiger partial charge in [-0.15, -0.1) is 0 Å². The number of hydrogen-bond donors (Lipinski definition) is 1. The summed E-state index contributed by atoms with van der Waals surface area (Å²) in [5.74, 6) is 0. The van der Waals surface area contributed by atoms with Crippen molar-refractivity contribution >= 4 is 22.5 Å². The van der Waals surface area contributed by atoms with Crippen molar-refractivity contribution in [1.82, 2.24) is 0 Å². The van der Waals surface area contributed by atoms with Gasteiger partial charge in [-0.25, -0.2) is 0 Å². The largest absolute Gasteiger partial charge is 0.399 e. The highest BCUT2D eigenvalue weighted by molar-refractivity contribution is 6.04. The third-order valence-corrected chi connectivity index (χ3v) is 7.35. The molecule has 0 aliphatic heterocycles. The Labute approximate surface area is 245 Å². The molecule has 0 amide bonds. The summed E-state index contributed by atoms with van der Waals surface area (Å²) in [7, 11) is 0. The molecule has 6 rings (SSSR count). The quantitative estimate of drug-likeness (QED) is 0.0941. The van der Waals surface area contributed by atoms with Gasteiger partial charge in [-0.3, -0.25) is 10.1 Å². The first kappa shape index (κ1) is 26.5. The van der Waals surface area contributed by atoms with Crippen LogP contribution < -0.4 is 5.73 Å². The lowest BCUT2D eigenvalue weighted by molar-refractivity contribution is -0.384. The van der Waals surface area contributed by atoms with Crippen LogP contribution in [0, 0.1) is 10.1 Å². The molecule has 0 radical (unpaired) electrons. The lowest BCUT2D eigenvalue weighted by atomic mass is 9.85. The Balaban J connectivity index is 1.51. The number of nitrogens with two attached hydrogens (primary N) is 1. The van der Waals surface area contributed by atoms with Gasteiger partial charge in [0.1, 0.15) is 0 Å². The van der Waals surface area contributed by atoms with Crippen LogP contribution in [0.25, 0.3) is 33.4 Å². The number of nitro groups is 1. The molecule has 0 heterocycles. The number of benzene rings is 6. The van der Waals surface area contributed by atoms with Crippen LogP contribution in [-0.2, 0) is 0 Å². The Kier molecular flexibility index (Phi) is 7.43. The first-order valence-electron chi connectivity index (χ1n) is 13.7. The van der Waals surface area contributed by atoms with E-state index in [0.29, 0.717) is 5.69 Å². The number of non-ortho nitro benzene ring substituents is 1. The average molecular weight is 545 g/mol. The van der Waals surface area contributed by atoms with Gasteiger partial charge in [-0.2, -0.15) is 0 Å². The maximum atomic E-state index is 11.2. The average Bonchev–Trinajstić information content (AvgIpc) is 3.05. The van der Waals surface area contributed by atoms with Crippen molar-refractivity contribution in [3.8, 4) is 22.3 Å². The van der Waals surface area contributed by atoms with Gasteiger partial charge in [-0.1, -0.05) is 121 Å². The minimum absolute atomic E-state index is 0.0569. The number of nitrogen functional groups attached to an aromatic ring is 1. The van der Waals surface area contributed by atoms with Gasteiger partial charge < -0.3 is 5.73 Å². The van der Waals surface area contributed by atoms with Crippen molar-refractivity contribution in [1.29, 1.82) is 0 Å². The summed E-state index contributed by atoms with van der Waals surface area (Å²) in [6.45, 7) is 0. The van der Waals surface area contributed by atoms with E-state index in [9.17, 15) is 10.1 Å². The van der Waals surface area contributed by atoms with Crippen LogP contribution >= 0.6 is 0 Å². The summed E-state index contributed by atoms with van der Waals surface area (Å²) in [5, 5.41) is 11.2. The maximum absolute atomic E-state index is 11.2. The molecular formula is C38H28N2O2. The molecule has 0 spiro atoms. The van der Waals surface area contributed by atoms with Crippen molar-refractivity contribution in [2.75, 3.05) is 5.73 Å². The van der Waals surface area contributed by atoms with Crippen molar-refractivity contribution in [2.45, 2.75) is 0 Å². The maximum Gasteiger partial charge on any atom is 0.269 e. The second-order valence-electron chi connectivity index (χ2n) is 10.0. The zero-order valence-corrected chi connectivity index (χ0v) is 22.9. The fourth-order valence-corrected chi connectivity index (χ4v) is 5.36. The molecule has 0 saturated carbocycles. The van der Waals surface area contributed by atoms with Gasteiger partial charge in [0.2, 0.25) is 0 Å². The minimum atomic E-state index is -0.389. The zero-order chi connectivity index (χ0) is 28.9. The highest BCUT2D eigenvalue weighted by atomic mass is 16.6. The van der Waals surface area contributed by atoms with E-state index in [1.807, 2.05) is 36.4 Å². The van der Waals surface area contributed by atoms with Gasteiger partial charge in [0, 0.05) is 17.8 Å². The molecule has 0 atom stereocenters. The van der Waals surface area contributed by atoms with E-state index in [2.05, 4.69) is 97.1 Å². The Hall–Kier alpha value is -5.74. The minimum Gasteiger partial charge on any atom is -0.399 e. The van der Waals surface area contributed by atoms with E-state index in [1.165, 1.54) is 12.1 Å². The molecular weight excluding hydrogens is 516 g/mol. The Bertz CT molecular complexity index is 1820. The highest BCUT2D eigenvalue weighted by Crippen LogP contribution is 2.39. The molecule has 0 bridgehead atoms. The first-order chi connectivity index (χ1) is 20.6.